The Labute approximate surface area is 435 Å². The molecule has 2 aromatic heterocycles. The van der Waals surface area contributed by atoms with Crippen molar-refractivity contribution in [1.29, 1.82) is 0 Å². The number of para-hydroxylation sites is 1. The third-order valence-corrected chi connectivity index (χ3v) is 13.1. The molecule has 2 unspecified atom stereocenters. The van der Waals surface area contributed by atoms with E-state index >= 15 is 0 Å². The van der Waals surface area contributed by atoms with Crippen LogP contribution in [0, 0.1) is 5.92 Å². The van der Waals surface area contributed by atoms with E-state index in [1.54, 1.807) is 13.8 Å². The number of anilines is 1. The molecule has 5 aromatic rings. The lowest BCUT2D eigenvalue weighted by Crippen LogP contribution is -2.54. The number of urea groups is 1. The quantitative estimate of drug-likeness (QED) is 0.0263. The van der Waals surface area contributed by atoms with E-state index in [1.165, 1.54) is 17.1 Å². The molecule has 3 heterocycles. The van der Waals surface area contributed by atoms with Crippen LogP contribution < -0.4 is 32.3 Å². The number of imidazole rings is 1. The first kappa shape index (κ1) is 55.0. The Morgan fingerprint density at radius 3 is 2.16 bits per heavy atom. The smallest absolute Gasteiger partial charge is 0.407 e. The monoisotopic (exact) mass is 1030 g/mol. The standard InChI is InChI=1S/C55H68N10O10/c1-6-73-32-43-61-48-49(65(43)33-55(4,5)75-30-28-57-44(66)24-8-7-15-29-64-45(67)25-26-46(64)68)39-21-13-14-22-41(39)59-50(48)63-51(69)42(23-16-27-58-53(56)71)60-52(70)47(34(2)3)62-54(72)74-31-40-37-19-11-9-17-35(37)36-18-10-12-20-38(36)40/h9-14,17-22,25-26,34,40,42,47H,6-8,15-16,23-24,27-33H2,1-5H3,(H,57,66)(H,60,70)(H,62,72)(H3,56,58,71)(H,59,63,69). The zero-order valence-corrected chi connectivity index (χ0v) is 43.2. The average Bonchev–Trinajstić information content (AvgIpc) is 4.02. The highest BCUT2D eigenvalue weighted by Gasteiger charge is 2.33. The molecule has 0 fully saturated rings. The number of benzene rings is 3. The number of carbonyl (C=O) groups excluding carboxylic acids is 7. The van der Waals surface area contributed by atoms with Crippen LogP contribution in [0.3, 0.4) is 0 Å². The maximum Gasteiger partial charge on any atom is 0.407 e. The first-order valence-electron chi connectivity index (χ1n) is 25.6. The van der Waals surface area contributed by atoms with Crippen LogP contribution >= 0.6 is 0 Å². The van der Waals surface area contributed by atoms with E-state index in [0.29, 0.717) is 61.2 Å². The molecule has 0 saturated heterocycles. The van der Waals surface area contributed by atoms with Crippen LogP contribution in [0.25, 0.3) is 33.1 Å². The highest BCUT2D eigenvalue weighted by atomic mass is 16.5. The Morgan fingerprint density at radius 2 is 1.48 bits per heavy atom. The van der Waals surface area contributed by atoms with E-state index in [0.717, 1.165) is 27.6 Å². The number of aromatic nitrogens is 3. The molecular weight excluding hydrogens is 961 g/mol. The number of nitrogens with zero attached hydrogens (tertiary/aromatic N) is 4. The van der Waals surface area contributed by atoms with Crippen LogP contribution in [-0.2, 0) is 51.3 Å². The van der Waals surface area contributed by atoms with E-state index < -0.39 is 47.5 Å². The SMILES string of the molecule is CCOCc1nc2c(NC(=O)C(CCCNC(N)=O)NC(=O)C(NC(=O)OCC3c4ccccc4-c4ccccc43)C(C)C)nc3ccccc3c2n1CC(C)(C)OCCNC(=O)CCCCCN1C(=O)C=CC1=O. The highest BCUT2D eigenvalue weighted by Crippen LogP contribution is 2.44. The first-order chi connectivity index (χ1) is 36.0. The molecule has 7 N–H and O–H groups in total. The average molecular weight is 1030 g/mol. The molecule has 75 heavy (non-hydrogen) atoms. The van der Waals surface area contributed by atoms with E-state index in [-0.39, 0.29) is 81.8 Å². The lowest BCUT2D eigenvalue weighted by Gasteiger charge is -2.27. The summed E-state index contributed by atoms with van der Waals surface area (Å²) in [7, 11) is 0. The molecule has 8 amide bonds. The van der Waals surface area contributed by atoms with Crippen LogP contribution in [0.5, 0.6) is 0 Å². The Kier molecular flexibility index (Phi) is 18.7. The molecule has 20 nitrogen and oxygen atoms in total. The number of ether oxygens (including phenoxy) is 3. The minimum atomic E-state index is -1.17. The van der Waals surface area contributed by atoms with Gasteiger partial charge in [-0.2, -0.15) is 0 Å². The van der Waals surface area contributed by atoms with Gasteiger partial charge in [0.05, 0.1) is 29.8 Å². The summed E-state index contributed by atoms with van der Waals surface area (Å²) >= 11 is 0. The maximum atomic E-state index is 14.5. The number of alkyl carbamates (subject to hydrolysis) is 1. The van der Waals surface area contributed by atoms with Crippen molar-refractivity contribution in [2.24, 2.45) is 11.7 Å². The molecule has 7 rings (SSSR count). The second-order valence-electron chi connectivity index (χ2n) is 19.5. The van der Waals surface area contributed by atoms with Gasteiger partial charge in [0.25, 0.3) is 11.8 Å². The van der Waals surface area contributed by atoms with Gasteiger partial charge in [0, 0.05) is 56.1 Å². The van der Waals surface area contributed by atoms with Crippen LogP contribution in [0.2, 0.25) is 0 Å². The van der Waals surface area contributed by atoms with Gasteiger partial charge >= 0.3 is 12.1 Å². The van der Waals surface area contributed by atoms with Gasteiger partial charge in [-0.05, 0) is 80.7 Å². The number of imide groups is 1. The minimum absolute atomic E-state index is 0.0438. The van der Waals surface area contributed by atoms with Crippen molar-refractivity contribution in [1.82, 2.24) is 40.7 Å². The van der Waals surface area contributed by atoms with Crippen molar-refractivity contribution in [3.05, 3.63) is 102 Å². The molecule has 398 valence electrons. The zero-order valence-electron chi connectivity index (χ0n) is 43.2. The summed E-state index contributed by atoms with van der Waals surface area (Å²) < 4.78 is 20.0. The lowest BCUT2D eigenvalue weighted by molar-refractivity contribution is -0.137. The fourth-order valence-corrected chi connectivity index (χ4v) is 9.41. The Bertz CT molecular complexity index is 2870. The van der Waals surface area contributed by atoms with Gasteiger partial charge in [-0.15, -0.1) is 0 Å². The van der Waals surface area contributed by atoms with Crippen molar-refractivity contribution in [3.63, 3.8) is 0 Å². The molecule has 2 atom stereocenters. The number of primary amides is 1. The predicted octanol–water partition coefficient (Wildman–Crippen LogP) is 5.95. The Balaban J connectivity index is 1.03. The van der Waals surface area contributed by atoms with Gasteiger partial charge in [-0.1, -0.05) is 87.0 Å². The third-order valence-electron chi connectivity index (χ3n) is 13.1. The minimum Gasteiger partial charge on any atom is -0.449 e. The van der Waals surface area contributed by atoms with Gasteiger partial charge in [0.2, 0.25) is 17.7 Å². The number of hydrogen-bond donors (Lipinski definition) is 6. The van der Waals surface area contributed by atoms with Gasteiger partial charge in [-0.3, -0.25) is 28.9 Å². The summed E-state index contributed by atoms with van der Waals surface area (Å²) in [4.78, 5) is 101. The molecule has 20 heteroatoms. The van der Waals surface area contributed by atoms with Crippen molar-refractivity contribution >= 4 is 69.4 Å². The molecular formula is C55H68N10O10. The second kappa shape index (κ2) is 25.5. The second-order valence-corrected chi connectivity index (χ2v) is 19.5. The van der Waals surface area contributed by atoms with Crippen molar-refractivity contribution in [2.45, 2.75) is 110 Å². The normalized spacial score (nSPS) is 14.0. The summed E-state index contributed by atoms with van der Waals surface area (Å²) in [6.45, 7) is 11.1. The number of fused-ring (bicyclic) bond motifs is 6. The number of rotatable bonds is 27. The maximum absolute atomic E-state index is 14.5. The summed E-state index contributed by atoms with van der Waals surface area (Å²) in [5, 5.41) is 14.7. The summed E-state index contributed by atoms with van der Waals surface area (Å²) in [5.41, 5.74) is 10.4. The van der Waals surface area contributed by atoms with Crippen LogP contribution in [0.15, 0.2) is 84.9 Å². The largest absolute Gasteiger partial charge is 0.449 e. The number of carbonyl (C=O) groups is 7. The summed E-state index contributed by atoms with van der Waals surface area (Å²) in [6.07, 6.45) is 4.26. The number of hydrogen-bond acceptors (Lipinski definition) is 12. The number of nitrogens with one attached hydrogen (secondary N) is 5. The van der Waals surface area contributed by atoms with Crippen molar-refractivity contribution in [2.75, 3.05) is 44.8 Å². The number of nitrogens with two attached hydrogens (primary N) is 1. The Hall–Kier alpha value is -7.71. The zero-order chi connectivity index (χ0) is 53.6. The molecule has 0 saturated carbocycles. The topological polar surface area (TPSA) is 267 Å². The molecule has 2 aliphatic rings. The van der Waals surface area contributed by atoms with Crippen LogP contribution in [-0.4, -0.2) is 118 Å². The van der Waals surface area contributed by atoms with Crippen molar-refractivity contribution in [3.8, 4) is 11.1 Å². The van der Waals surface area contributed by atoms with Gasteiger partial charge < -0.3 is 51.1 Å². The van der Waals surface area contributed by atoms with E-state index in [1.807, 2.05) is 98.1 Å². The molecule has 0 bridgehead atoms. The van der Waals surface area contributed by atoms with E-state index in [2.05, 4.69) is 26.6 Å². The fourth-order valence-electron chi connectivity index (χ4n) is 9.41. The Morgan fingerprint density at radius 1 is 0.800 bits per heavy atom. The molecule has 0 radical (unpaired) electrons. The molecule has 0 spiro atoms. The van der Waals surface area contributed by atoms with Crippen molar-refractivity contribution < 1.29 is 47.8 Å². The van der Waals surface area contributed by atoms with E-state index in [4.69, 9.17) is 29.9 Å². The molecule has 1 aliphatic carbocycles. The summed E-state index contributed by atoms with van der Waals surface area (Å²) in [5.74, 6) is -1.93. The summed E-state index contributed by atoms with van der Waals surface area (Å²) in [6, 6.07) is 20.4. The number of unbranched alkanes of at least 4 members (excludes halogenated alkanes) is 2. The fraction of sp³-hybridized carbons (Fsp3) is 0.436. The van der Waals surface area contributed by atoms with Crippen LogP contribution in [0.1, 0.15) is 96.0 Å². The van der Waals surface area contributed by atoms with Gasteiger partial charge in [0.15, 0.2) is 5.82 Å². The lowest BCUT2D eigenvalue weighted by atomic mass is 9.98. The van der Waals surface area contributed by atoms with E-state index in [9.17, 15) is 33.6 Å². The van der Waals surface area contributed by atoms with Gasteiger partial charge in [-0.25, -0.2) is 19.6 Å². The third kappa shape index (κ3) is 14.1. The first-order valence-corrected chi connectivity index (χ1v) is 25.6. The highest BCUT2D eigenvalue weighted by molar-refractivity contribution is 6.13. The van der Waals surface area contributed by atoms with Crippen LogP contribution in [0.4, 0.5) is 15.4 Å². The molecule has 1 aliphatic heterocycles. The predicted molar refractivity (Wildman–Crippen MR) is 282 cm³/mol. The molecule has 3 aromatic carbocycles. The number of amides is 8. The van der Waals surface area contributed by atoms with Gasteiger partial charge in [0.1, 0.15) is 36.6 Å². The number of pyridine rings is 1.